The van der Waals surface area contributed by atoms with E-state index in [0.717, 1.165) is 12.5 Å². The zero-order valence-electron chi connectivity index (χ0n) is 7.92. The maximum Gasteiger partial charge on any atom is 0.0635 e. The van der Waals surface area contributed by atoms with Crippen molar-refractivity contribution in [3.05, 3.63) is 0 Å². The van der Waals surface area contributed by atoms with Gasteiger partial charge in [0.2, 0.25) is 0 Å². The predicted octanol–water partition coefficient (Wildman–Crippen LogP) is 2.02. The van der Waals surface area contributed by atoms with Gasteiger partial charge in [-0.05, 0) is 25.3 Å². The van der Waals surface area contributed by atoms with Crippen molar-refractivity contribution in [2.45, 2.75) is 32.6 Å². The summed E-state index contributed by atoms with van der Waals surface area (Å²) in [6.07, 6.45) is 4.70. The second-order valence-electron chi connectivity index (χ2n) is 3.63. The summed E-state index contributed by atoms with van der Waals surface area (Å²) in [5.74, 6) is 0.887. The van der Waals surface area contributed by atoms with Crippen molar-refractivity contribution in [3.8, 4) is 6.07 Å². The third-order valence-corrected chi connectivity index (χ3v) is 2.72. The molecule has 0 aliphatic carbocycles. The van der Waals surface area contributed by atoms with E-state index < -0.39 is 0 Å². The number of hydrogen-bond acceptors (Lipinski definition) is 2. The van der Waals surface area contributed by atoms with Gasteiger partial charge in [0.05, 0.1) is 6.07 Å². The van der Waals surface area contributed by atoms with Crippen molar-refractivity contribution < 1.29 is 0 Å². The zero-order valence-corrected chi connectivity index (χ0v) is 7.92. The molecule has 1 saturated heterocycles. The second kappa shape index (κ2) is 5.16. The Morgan fingerprint density at radius 3 is 3.08 bits per heavy atom. The van der Waals surface area contributed by atoms with E-state index in [-0.39, 0.29) is 0 Å². The Labute approximate surface area is 75.2 Å². The lowest BCUT2D eigenvalue weighted by Gasteiger charge is -2.31. The Morgan fingerprint density at radius 1 is 1.58 bits per heavy atom. The zero-order chi connectivity index (χ0) is 8.81. The summed E-state index contributed by atoms with van der Waals surface area (Å²) < 4.78 is 0. The molecule has 0 N–H and O–H groups in total. The van der Waals surface area contributed by atoms with Crippen LogP contribution in [0.15, 0.2) is 0 Å². The van der Waals surface area contributed by atoms with Gasteiger partial charge in [-0.2, -0.15) is 5.26 Å². The summed E-state index contributed by atoms with van der Waals surface area (Å²) in [4.78, 5) is 2.43. The summed E-state index contributed by atoms with van der Waals surface area (Å²) in [7, 11) is 0. The van der Waals surface area contributed by atoms with Crippen molar-refractivity contribution in [1.29, 1.82) is 5.26 Å². The molecule has 0 spiro atoms. The van der Waals surface area contributed by atoms with Gasteiger partial charge >= 0.3 is 0 Å². The van der Waals surface area contributed by atoms with E-state index in [9.17, 15) is 0 Å². The van der Waals surface area contributed by atoms with Crippen molar-refractivity contribution in [2.75, 3.05) is 19.6 Å². The Balaban J connectivity index is 2.22. The molecule has 1 atom stereocenters. The van der Waals surface area contributed by atoms with E-state index in [4.69, 9.17) is 5.26 Å². The standard InChI is InChI=1S/C10H18N2/c1-2-10-5-3-7-12(9-10)8-4-6-11/h10H,2-5,7-9H2,1H3. The van der Waals surface area contributed by atoms with Crippen molar-refractivity contribution in [3.63, 3.8) is 0 Å². The van der Waals surface area contributed by atoms with E-state index in [1.54, 1.807) is 0 Å². The van der Waals surface area contributed by atoms with Gasteiger partial charge in [0.1, 0.15) is 0 Å². The highest BCUT2D eigenvalue weighted by molar-refractivity contribution is 4.76. The molecule has 1 fully saturated rings. The maximum atomic E-state index is 8.44. The minimum absolute atomic E-state index is 0.691. The van der Waals surface area contributed by atoms with Crippen LogP contribution in [0.2, 0.25) is 0 Å². The number of nitriles is 1. The molecular formula is C10H18N2. The number of piperidine rings is 1. The van der Waals surface area contributed by atoms with Crippen LogP contribution in [-0.4, -0.2) is 24.5 Å². The lowest BCUT2D eigenvalue weighted by molar-refractivity contribution is 0.175. The smallest absolute Gasteiger partial charge is 0.0635 e. The maximum absolute atomic E-state index is 8.44. The molecule has 0 aromatic carbocycles. The first-order valence-electron chi connectivity index (χ1n) is 4.96. The fourth-order valence-corrected chi connectivity index (χ4v) is 1.90. The molecule has 2 heteroatoms. The largest absolute Gasteiger partial charge is 0.302 e. The topological polar surface area (TPSA) is 27.0 Å². The molecule has 1 rings (SSSR count). The molecule has 12 heavy (non-hydrogen) atoms. The Kier molecular flexibility index (Phi) is 4.10. The summed E-state index contributed by atoms with van der Waals surface area (Å²) in [5, 5.41) is 8.44. The minimum atomic E-state index is 0.691. The van der Waals surface area contributed by atoms with Crippen LogP contribution < -0.4 is 0 Å². The van der Waals surface area contributed by atoms with Gasteiger partial charge in [-0.25, -0.2) is 0 Å². The van der Waals surface area contributed by atoms with Gasteiger partial charge in [-0.3, -0.25) is 0 Å². The molecule has 1 unspecified atom stereocenters. The second-order valence-corrected chi connectivity index (χ2v) is 3.63. The molecule has 1 heterocycles. The molecule has 1 aliphatic heterocycles. The molecule has 0 saturated carbocycles. The van der Waals surface area contributed by atoms with Crippen molar-refractivity contribution in [1.82, 2.24) is 4.90 Å². The van der Waals surface area contributed by atoms with Crippen LogP contribution in [0, 0.1) is 17.2 Å². The quantitative estimate of drug-likeness (QED) is 0.641. The Bertz CT molecular complexity index is 160. The molecule has 1 aliphatic rings. The first kappa shape index (κ1) is 9.54. The van der Waals surface area contributed by atoms with Crippen LogP contribution in [-0.2, 0) is 0 Å². The Morgan fingerprint density at radius 2 is 2.42 bits per heavy atom. The molecular weight excluding hydrogens is 148 g/mol. The molecule has 68 valence electrons. The normalized spacial score (nSPS) is 25.2. The van der Waals surface area contributed by atoms with Crippen molar-refractivity contribution >= 4 is 0 Å². The summed E-state index contributed by atoms with van der Waals surface area (Å²) in [5.41, 5.74) is 0. The first-order chi connectivity index (χ1) is 5.86. The van der Waals surface area contributed by atoms with Crippen LogP contribution in [0.4, 0.5) is 0 Å². The molecule has 0 aromatic heterocycles. The first-order valence-corrected chi connectivity index (χ1v) is 4.96. The average Bonchev–Trinajstić information content (AvgIpc) is 2.15. The average molecular weight is 166 g/mol. The van der Waals surface area contributed by atoms with Gasteiger partial charge in [0, 0.05) is 19.5 Å². The van der Waals surface area contributed by atoms with Gasteiger partial charge in [-0.1, -0.05) is 13.3 Å². The SMILES string of the molecule is CCC1CCCN(CCC#N)C1. The summed E-state index contributed by atoms with van der Waals surface area (Å²) in [6.45, 7) is 5.67. The number of rotatable bonds is 3. The van der Waals surface area contributed by atoms with Gasteiger partial charge < -0.3 is 4.90 Å². The number of hydrogen-bond donors (Lipinski definition) is 0. The van der Waals surface area contributed by atoms with E-state index in [1.165, 1.54) is 32.4 Å². The molecule has 0 radical (unpaired) electrons. The third-order valence-electron chi connectivity index (χ3n) is 2.72. The highest BCUT2D eigenvalue weighted by Gasteiger charge is 2.17. The van der Waals surface area contributed by atoms with Crippen LogP contribution in [0.3, 0.4) is 0 Å². The summed E-state index contributed by atoms with van der Waals surface area (Å²) >= 11 is 0. The highest BCUT2D eigenvalue weighted by atomic mass is 15.1. The van der Waals surface area contributed by atoms with Crippen LogP contribution in [0.1, 0.15) is 32.6 Å². The van der Waals surface area contributed by atoms with Crippen LogP contribution in [0.25, 0.3) is 0 Å². The predicted molar refractivity (Wildman–Crippen MR) is 49.7 cm³/mol. The van der Waals surface area contributed by atoms with Gasteiger partial charge in [0.15, 0.2) is 0 Å². The van der Waals surface area contributed by atoms with E-state index in [2.05, 4.69) is 17.9 Å². The fourth-order valence-electron chi connectivity index (χ4n) is 1.90. The third kappa shape index (κ3) is 2.83. The van der Waals surface area contributed by atoms with E-state index in [0.29, 0.717) is 6.42 Å². The van der Waals surface area contributed by atoms with Crippen LogP contribution in [0.5, 0.6) is 0 Å². The number of nitrogens with zero attached hydrogens (tertiary/aromatic N) is 2. The Hall–Kier alpha value is -0.550. The van der Waals surface area contributed by atoms with Crippen LogP contribution >= 0.6 is 0 Å². The molecule has 0 bridgehead atoms. The fraction of sp³-hybridized carbons (Fsp3) is 0.900. The summed E-state index contributed by atoms with van der Waals surface area (Å²) in [6, 6.07) is 2.21. The lowest BCUT2D eigenvalue weighted by Crippen LogP contribution is -2.35. The number of likely N-dealkylation sites (tertiary alicyclic amines) is 1. The van der Waals surface area contributed by atoms with Gasteiger partial charge in [0.25, 0.3) is 0 Å². The van der Waals surface area contributed by atoms with Crippen molar-refractivity contribution in [2.24, 2.45) is 5.92 Å². The minimum Gasteiger partial charge on any atom is -0.302 e. The van der Waals surface area contributed by atoms with E-state index in [1.807, 2.05) is 0 Å². The van der Waals surface area contributed by atoms with E-state index >= 15 is 0 Å². The highest BCUT2D eigenvalue weighted by Crippen LogP contribution is 2.18. The molecule has 2 nitrogen and oxygen atoms in total. The molecule has 0 amide bonds. The lowest BCUT2D eigenvalue weighted by atomic mass is 9.96. The molecule has 0 aromatic rings. The van der Waals surface area contributed by atoms with Gasteiger partial charge in [-0.15, -0.1) is 0 Å². The monoisotopic (exact) mass is 166 g/mol.